The van der Waals surface area contributed by atoms with E-state index in [1.807, 2.05) is 43.3 Å². The minimum atomic E-state index is -0.724. The van der Waals surface area contributed by atoms with Gasteiger partial charge in [-0.15, -0.1) is 6.42 Å². The largest absolute Gasteiger partial charge is 0.444 e. The van der Waals surface area contributed by atoms with E-state index in [0.717, 1.165) is 11.4 Å². The number of alkyl carbamates (subject to hydrolysis) is 1. The molecule has 0 bridgehead atoms. The quantitative estimate of drug-likeness (QED) is 0.0641. The molecule has 14 heteroatoms. The van der Waals surface area contributed by atoms with Crippen LogP contribution in [0.3, 0.4) is 0 Å². The van der Waals surface area contributed by atoms with Gasteiger partial charge in [-0.1, -0.05) is 27.5 Å². The van der Waals surface area contributed by atoms with Crippen LogP contribution in [-0.4, -0.2) is 80.7 Å². The average molecular weight is 698 g/mol. The number of nitrogens with zero attached hydrogens (tertiary/aromatic N) is 3. The molecule has 0 saturated carbocycles. The summed E-state index contributed by atoms with van der Waals surface area (Å²) in [5.74, 6) is 2.79. The summed E-state index contributed by atoms with van der Waals surface area (Å²) in [5.41, 5.74) is 2.41. The lowest BCUT2D eigenvalue weighted by Crippen LogP contribution is -2.47. The molecule has 2 rings (SSSR count). The maximum atomic E-state index is 12.6. The van der Waals surface area contributed by atoms with E-state index in [4.69, 9.17) is 11.2 Å². The molecule has 0 aliphatic rings. The molecule has 0 aromatic heterocycles. The van der Waals surface area contributed by atoms with E-state index in [-0.39, 0.29) is 30.7 Å². The predicted octanol–water partition coefficient (Wildman–Crippen LogP) is 5.60. The number of anilines is 1. The molecular weight excluding hydrogens is 651 g/mol. The lowest BCUT2D eigenvalue weighted by Gasteiger charge is -2.20. The number of nitrogens with one attached hydrogen (secondary N) is 4. The third kappa shape index (κ3) is 17.1. The Morgan fingerprint density at radius 3 is 2.10 bits per heavy atom. The molecule has 0 heterocycles. The zero-order chi connectivity index (χ0) is 35.4. The first-order chi connectivity index (χ1) is 22.9. The van der Waals surface area contributed by atoms with Gasteiger partial charge in [0.2, 0.25) is 11.8 Å². The number of hydrogen-bond donors (Lipinski definition) is 4. The van der Waals surface area contributed by atoms with Crippen molar-refractivity contribution in [2.75, 3.05) is 50.1 Å². The van der Waals surface area contributed by atoms with Gasteiger partial charge in [-0.25, -0.2) is 4.79 Å². The second-order valence-corrected chi connectivity index (χ2v) is 14.5. The Hall–Kier alpha value is -4.22. The van der Waals surface area contributed by atoms with Crippen molar-refractivity contribution in [1.29, 1.82) is 0 Å². The lowest BCUT2D eigenvalue weighted by atomic mass is 10.1. The molecule has 1 unspecified atom stereocenters. The second-order valence-electron chi connectivity index (χ2n) is 11.8. The first-order valence-electron chi connectivity index (χ1n) is 15.7. The summed E-state index contributed by atoms with van der Waals surface area (Å²) in [6.07, 6.45) is 6.60. The topological polar surface area (TPSA) is 154 Å². The van der Waals surface area contributed by atoms with Crippen LogP contribution in [0, 0.1) is 12.3 Å². The number of carbonyl (C=O) groups excluding carboxylic acids is 4. The third-order valence-corrected chi connectivity index (χ3v) is 8.76. The van der Waals surface area contributed by atoms with E-state index < -0.39 is 17.7 Å². The number of terminal acetylenes is 1. The van der Waals surface area contributed by atoms with Gasteiger partial charge in [-0.2, -0.15) is 10.2 Å². The molecule has 0 saturated heterocycles. The molecule has 0 aliphatic heterocycles. The van der Waals surface area contributed by atoms with Crippen LogP contribution in [0.4, 0.5) is 21.9 Å². The SMILES string of the molecule is C#CCNC(=O)C(CCCCNC(=O)OC(C)(C)C)NC(=O)CCSSCCNC(=O)c1ccc(N=Nc2ccc(N(C)C)cc2)cc1. The molecule has 12 nitrogen and oxygen atoms in total. The van der Waals surface area contributed by atoms with Crippen molar-refractivity contribution in [2.24, 2.45) is 10.2 Å². The van der Waals surface area contributed by atoms with Crippen LogP contribution in [0.25, 0.3) is 0 Å². The van der Waals surface area contributed by atoms with Crippen molar-refractivity contribution in [2.45, 2.75) is 58.1 Å². The van der Waals surface area contributed by atoms with Crippen molar-refractivity contribution in [3.63, 3.8) is 0 Å². The average Bonchev–Trinajstić information content (AvgIpc) is 3.04. The standard InChI is InChI=1S/C34H47N7O5S2/c1-7-20-35-32(44)29(10-8-9-21-37-33(45)46-34(2,3)4)38-30(42)19-23-47-48-24-22-36-31(43)25-11-13-26(14-12-25)39-40-27-15-17-28(18-16-27)41(5)6/h1,11-18,29H,8-10,19-24H2,2-6H3,(H,35,44)(H,36,43)(H,37,45)(H,38,42). The van der Waals surface area contributed by atoms with Gasteiger partial charge in [0.1, 0.15) is 11.6 Å². The molecule has 4 amide bonds. The van der Waals surface area contributed by atoms with Crippen molar-refractivity contribution in [3.05, 3.63) is 54.1 Å². The van der Waals surface area contributed by atoms with Crippen molar-refractivity contribution >= 4 is 62.5 Å². The highest BCUT2D eigenvalue weighted by atomic mass is 33.1. The van der Waals surface area contributed by atoms with Crippen molar-refractivity contribution in [1.82, 2.24) is 21.3 Å². The lowest BCUT2D eigenvalue weighted by molar-refractivity contribution is -0.128. The maximum absolute atomic E-state index is 12.6. The smallest absolute Gasteiger partial charge is 0.407 e. The first-order valence-corrected chi connectivity index (χ1v) is 18.2. The van der Waals surface area contributed by atoms with Gasteiger partial charge in [-0.05, 0) is 88.6 Å². The highest BCUT2D eigenvalue weighted by molar-refractivity contribution is 8.76. The van der Waals surface area contributed by atoms with Crippen LogP contribution in [0.5, 0.6) is 0 Å². The van der Waals surface area contributed by atoms with Gasteiger partial charge < -0.3 is 30.9 Å². The molecule has 0 aliphatic carbocycles. The summed E-state index contributed by atoms with van der Waals surface area (Å²) in [6.45, 7) is 6.29. The Morgan fingerprint density at radius 2 is 1.50 bits per heavy atom. The molecule has 0 radical (unpaired) electrons. The van der Waals surface area contributed by atoms with E-state index in [1.54, 1.807) is 55.8 Å². The van der Waals surface area contributed by atoms with Gasteiger partial charge in [0.05, 0.1) is 17.9 Å². The Labute approximate surface area is 291 Å². The molecule has 4 N–H and O–H groups in total. The Bertz CT molecular complexity index is 1390. The normalized spacial score (nSPS) is 11.7. The number of rotatable bonds is 19. The van der Waals surface area contributed by atoms with Crippen LogP contribution in [0.15, 0.2) is 58.8 Å². The highest BCUT2D eigenvalue weighted by Crippen LogP contribution is 2.23. The maximum Gasteiger partial charge on any atom is 0.407 e. The van der Waals surface area contributed by atoms with E-state index in [9.17, 15) is 19.2 Å². The molecule has 0 spiro atoms. The molecule has 260 valence electrons. The van der Waals surface area contributed by atoms with Crippen molar-refractivity contribution in [3.8, 4) is 12.3 Å². The second kappa shape index (κ2) is 21.6. The molecule has 1 atom stereocenters. The van der Waals surface area contributed by atoms with Gasteiger partial charge in [-0.3, -0.25) is 14.4 Å². The van der Waals surface area contributed by atoms with Crippen LogP contribution >= 0.6 is 21.6 Å². The molecular formula is C34H47N7O5S2. The highest BCUT2D eigenvalue weighted by Gasteiger charge is 2.20. The Morgan fingerprint density at radius 1 is 0.875 bits per heavy atom. The van der Waals surface area contributed by atoms with E-state index >= 15 is 0 Å². The van der Waals surface area contributed by atoms with Crippen LogP contribution in [0.2, 0.25) is 0 Å². The van der Waals surface area contributed by atoms with Crippen LogP contribution in [0.1, 0.15) is 56.8 Å². The Kier molecular flexibility index (Phi) is 18.0. The molecule has 2 aromatic rings. The summed E-state index contributed by atoms with van der Waals surface area (Å²) in [4.78, 5) is 51.4. The summed E-state index contributed by atoms with van der Waals surface area (Å²) in [6, 6.07) is 13.9. The predicted molar refractivity (Wildman–Crippen MR) is 195 cm³/mol. The van der Waals surface area contributed by atoms with Crippen molar-refractivity contribution < 1.29 is 23.9 Å². The zero-order valence-corrected chi connectivity index (χ0v) is 30.0. The Balaban J connectivity index is 1.64. The number of amides is 4. The first kappa shape index (κ1) is 40.0. The minimum Gasteiger partial charge on any atom is -0.444 e. The van der Waals surface area contributed by atoms with Gasteiger partial charge in [0.15, 0.2) is 0 Å². The molecule has 0 fully saturated rings. The summed E-state index contributed by atoms with van der Waals surface area (Å²) in [5, 5.41) is 19.5. The summed E-state index contributed by atoms with van der Waals surface area (Å²) in [7, 11) is 7.02. The number of carbonyl (C=O) groups is 4. The number of azo groups is 1. The monoisotopic (exact) mass is 697 g/mol. The zero-order valence-electron chi connectivity index (χ0n) is 28.3. The minimum absolute atomic E-state index is 0.0683. The fourth-order valence-electron chi connectivity index (χ4n) is 3.95. The van der Waals surface area contributed by atoms with E-state index in [1.165, 1.54) is 10.8 Å². The number of unbranched alkanes of at least 4 members (excludes halogenated alkanes) is 1. The number of hydrogen-bond acceptors (Lipinski definition) is 10. The van der Waals surface area contributed by atoms with Gasteiger partial charge in [0.25, 0.3) is 5.91 Å². The van der Waals surface area contributed by atoms with Gasteiger partial charge >= 0.3 is 6.09 Å². The third-order valence-electron chi connectivity index (χ3n) is 6.35. The van der Waals surface area contributed by atoms with Crippen LogP contribution < -0.4 is 26.2 Å². The number of ether oxygens (including phenoxy) is 1. The van der Waals surface area contributed by atoms with Gasteiger partial charge in [0, 0.05) is 56.4 Å². The fourth-order valence-corrected chi connectivity index (χ4v) is 5.84. The fraction of sp³-hybridized carbons (Fsp3) is 0.471. The molecule has 2 aromatic carbocycles. The summed E-state index contributed by atoms with van der Waals surface area (Å²) >= 11 is 0. The van der Waals surface area contributed by atoms with E-state index in [0.29, 0.717) is 55.1 Å². The summed E-state index contributed by atoms with van der Waals surface area (Å²) < 4.78 is 5.21. The van der Waals surface area contributed by atoms with Crippen LogP contribution in [-0.2, 0) is 14.3 Å². The molecule has 48 heavy (non-hydrogen) atoms. The number of benzene rings is 2. The van der Waals surface area contributed by atoms with E-state index in [2.05, 4.69) is 37.4 Å².